The third kappa shape index (κ3) is 10.2. The van der Waals surface area contributed by atoms with Crippen molar-refractivity contribution < 1.29 is 33.3 Å². The minimum absolute atomic E-state index is 0.152. The predicted octanol–water partition coefficient (Wildman–Crippen LogP) is 10.00. The maximum atomic E-state index is 11.7. The Morgan fingerprint density at radius 1 is 0.684 bits per heavy atom. The van der Waals surface area contributed by atoms with Crippen LogP contribution in [0.25, 0.3) is 11.1 Å². The maximum Gasteiger partial charge on any atom is 0.306 e. The number of Topliss-reactive ketones (excluding diaryl/α,β-unsaturated/α-hetero) is 1. The Bertz CT molecular complexity index is 2070. The van der Waals surface area contributed by atoms with Crippen molar-refractivity contribution in [3.8, 4) is 34.1 Å². The first-order chi connectivity index (χ1) is 27.5. The molecule has 0 fully saturated rings. The molecule has 0 amide bonds. The number of carbonyl (C=O) groups excluding carboxylic acids is 2. The Labute approximate surface area is 347 Å². The molecule has 2 atom stereocenters. The van der Waals surface area contributed by atoms with E-state index in [-0.39, 0.29) is 24.0 Å². The second kappa shape index (κ2) is 19.4. The number of benzene rings is 4. The van der Waals surface area contributed by atoms with Gasteiger partial charge in [0.25, 0.3) is 0 Å². The van der Waals surface area contributed by atoms with Crippen LogP contribution >= 0.6 is 23.2 Å². The summed E-state index contributed by atoms with van der Waals surface area (Å²) in [6, 6.07) is 20.6. The van der Waals surface area contributed by atoms with Crippen LogP contribution in [0.3, 0.4) is 0 Å². The predicted molar refractivity (Wildman–Crippen MR) is 225 cm³/mol. The van der Waals surface area contributed by atoms with Crippen molar-refractivity contribution in [1.82, 2.24) is 9.80 Å². The van der Waals surface area contributed by atoms with Crippen molar-refractivity contribution in [2.45, 2.75) is 84.6 Å². The minimum Gasteiger partial charge on any atom is -0.493 e. The van der Waals surface area contributed by atoms with Crippen molar-refractivity contribution in [3.63, 3.8) is 0 Å². The molecule has 0 spiro atoms. The molecule has 0 bridgehead atoms. The first kappa shape index (κ1) is 42.3. The van der Waals surface area contributed by atoms with Crippen molar-refractivity contribution in [1.29, 1.82) is 0 Å². The summed E-state index contributed by atoms with van der Waals surface area (Å²) in [6.45, 7) is 8.92. The second-order valence-corrected chi connectivity index (χ2v) is 15.8. The maximum absolute atomic E-state index is 11.7. The smallest absolute Gasteiger partial charge is 0.306 e. The van der Waals surface area contributed by atoms with Gasteiger partial charge in [-0.1, -0.05) is 59.6 Å². The molecule has 0 heterocycles. The number of esters is 1. The van der Waals surface area contributed by atoms with Gasteiger partial charge in [-0.25, -0.2) is 0 Å². The molecule has 4 aromatic carbocycles. The molecule has 0 N–H and O–H groups in total. The molecule has 2 aliphatic rings. The number of hydrogen-bond donors (Lipinski definition) is 0. The first-order valence-electron chi connectivity index (χ1n) is 19.9. The number of carbonyl (C=O) groups is 2. The zero-order valence-corrected chi connectivity index (χ0v) is 35.4. The van der Waals surface area contributed by atoms with Gasteiger partial charge in [0, 0.05) is 55.9 Å². The highest BCUT2D eigenvalue weighted by Crippen LogP contribution is 2.47. The van der Waals surface area contributed by atoms with Gasteiger partial charge in [0.1, 0.15) is 41.0 Å². The van der Waals surface area contributed by atoms with Crippen molar-refractivity contribution in [2.75, 3.05) is 47.5 Å². The quantitative estimate of drug-likeness (QED) is 0.0859. The average Bonchev–Trinajstić information content (AvgIpc) is 3.80. The van der Waals surface area contributed by atoms with E-state index in [1.165, 1.54) is 40.5 Å². The van der Waals surface area contributed by atoms with E-state index in [9.17, 15) is 9.59 Å². The van der Waals surface area contributed by atoms with Gasteiger partial charge in [0.2, 0.25) is 0 Å². The Morgan fingerprint density at radius 2 is 1.14 bits per heavy atom. The lowest BCUT2D eigenvalue weighted by atomic mass is 9.91. The van der Waals surface area contributed by atoms with E-state index in [2.05, 4.69) is 41.3 Å². The molecule has 57 heavy (non-hydrogen) atoms. The molecule has 304 valence electrons. The minimum atomic E-state index is -0.244. The Balaban J connectivity index is 1.20. The van der Waals surface area contributed by atoms with Crippen LogP contribution in [0, 0.1) is 0 Å². The first-order valence-corrected chi connectivity index (χ1v) is 20.7. The van der Waals surface area contributed by atoms with Gasteiger partial charge in [0.15, 0.2) is 0 Å². The summed E-state index contributed by atoms with van der Waals surface area (Å²) < 4.78 is 30.3. The summed E-state index contributed by atoms with van der Waals surface area (Å²) in [5.74, 6) is 2.56. The SMILES string of the molecule is CCOc1cc(O[C@H]2CCc3c(-c4cccc5c4CC[C@@H]5Oc4cc(OCC)c(CN(C)CCC(=O)OC)cc4Cl)cccc32)c(Cl)cc1CN(C)CCC(C)=O. The summed E-state index contributed by atoms with van der Waals surface area (Å²) in [5.41, 5.74) is 9.25. The van der Waals surface area contributed by atoms with E-state index in [4.69, 9.17) is 46.9 Å². The Kier molecular flexibility index (Phi) is 14.4. The van der Waals surface area contributed by atoms with Crippen LogP contribution < -0.4 is 18.9 Å². The Morgan fingerprint density at radius 3 is 1.56 bits per heavy atom. The molecule has 0 radical (unpaired) electrons. The fourth-order valence-electron chi connectivity index (χ4n) is 7.92. The Hall–Kier alpha value is -4.28. The van der Waals surface area contributed by atoms with Crippen LogP contribution in [0.1, 0.15) is 92.0 Å². The summed E-state index contributed by atoms with van der Waals surface area (Å²) in [7, 11) is 5.34. The number of ether oxygens (including phenoxy) is 5. The standard InChI is InChI=1S/C46H54Cl2N2O7/c1-7-54-42-25-44(38(47)23-30(42)27-49(4)21-19-29(3)51)56-40-17-15-34-32(11-9-13-36(34)40)33-12-10-14-37-35(33)16-18-41(37)57-45-26-43(55-8-2)31(24-39(45)48)28-50(5)22-20-46(52)53-6/h9-14,23-26,40-41H,7-8,15-22,27-28H2,1-6H3/t40-,41-/m0/s1. The number of methoxy groups -OCH3 is 1. The average molecular weight is 818 g/mol. The molecular weight excluding hydrogens is 763 g/mol. The van der Waals surface area contributed by atoms with Crippen molar-refractivity contribution in [2.24, 2.45) is 0 Å². The third-order valence-electron chi connectivity index (χ3n) is 10.7. The van der Waals surface area contributed by atoms with Crippen LogP contribution in [0.15, 0.2) is 60.7 Å². The van der Waals surface area contributed by atoms with Crippen LogP contribution in [0.4, 0.5) is 0 Å². The zero-order chi connectivity index (χ0) is 40.6. The number of nitrogens with zero attached hydrogens (tertiary/aromatic N) is 2. The van der Waals surface area contributed by atoms with Gasteiger partial charge in [-0.05, 0) is 106 Å². The number of fused-ring (bicyclic) bond motifs is 2. The second-order valence-electron chi connectivity index (χ2n) is 14.9. The van der Waals surface area contributed by atoms with E-state index in [0.717, 1.165) is 42.6 Å². The summed E-state index contributed by atoms with van der Waals surface area (Å²) in [6.07, 6.45) is 3.92. The molecule has 0 saturated heterocycles. The van der Waals surface area contributed by atoms with Gasteiger partial charge in [-0.15, -0.1) is 0 Å². The van der Waals surface area contributed by atoms with E-state index in [1.54, 1.807) is 6.92 Å². The number of ketones is 1. The van der Waals surface area contributed by atoms with E-state index in [1.807, 2.05) is 57.1 Å². The summed E-state index contributed by atoms with van der Waals surface area (Å²) in [5, 5.41) is 1.06. The molecule has 2 aliphatic carbocycles. The largest absolute Gasteiger partial charge is 0.493 e. The third-order valence-corrected chi connectivity index (χ3v) is 11.3. The summed E-state index contributed by atoms with van der Waals surface area (Å²) >= 11 is 13.7. The van der Waals surface area contributed by atoms with Crippen LogP contribution in [0.5, 0.6) is 23.0 Å². The van der Waals surface area contributed by atoms with Crippen LogP contribution in [-0.4, -0.2) is 69.1 Å². The van der Waals surface area contributed by atoms with E-state index < -0.39 is 0 Å². The topological polar surface area (TPSA) is 86.8 Å². The number of hydrogen-bond acceptors (Lipinski definition) is 9. The fraction of sp³-hybridized carbons (Fsp3) is 0.435. The fourth-order valence-corrected chi connectivity index (χ4v) is 8.38. The highest BCUT2D eigenvalue weighted by Gasteiger charge is 2.32. The molecule has 6 rings (SSSR count). The van der Waals surface area contributed by atoms with Crippen molar-refractivity contribution >= 4 is 35.0 Å². The molecule has 4 aromatic rings. The molecular formula is C46H54Cl2N2O7. The van der Waals surface area contributed by atoms with Gasteiger partial charge >= 0.3 is 5.97 Å². The van der Waals surface area contributed by atoms with Crippen LogP contribution in [0.2, 0.25) is 10.0 Å². The lowest BCUT2D eigenvalue weighted by Gasteiger charge is -2.22. The molecule has 0 unspecified atom stereocenters. The molecule has 0 aromatic heterocycles. The lowest BCUT2D eigenvalue weighted by molar-refractivity contribution is -0.141. The molecule has 9 nitrogen and oxygen atoms in total. The van der Waals surface area contributed by atoms with E-state index in [0.29, 0.717) is 79.5 Å². The zero-order valence-electron chi connectivity index (χ0n) is 33.9. The summed E-state index contributed by atoms with van der Waals surface area (Å²) in [4.78, 5) is 27.4. The van der Waals surface area contributed by atoms with Gasteiger partial charge in [-0.2, -0.15) is 0 Å². The number of halogens is 2. The number of rotatable bonds is 19. The van der Waals surface area contributed by atoms with Gasteiger partial charge in [0.05, 0.1) is 36.8 Å². The molecule has 0 aliphatic heterocycles. The van der Waals surface area contributed by atoms with E-state index >= 15 is 0 Å². The van der Waals surface area contributed by atoms with Crippen LogP contribution in [-0.2, 0) is 40.3 Å². The highest BCUT2D eigenvalue weighted by molar-refractivity contribution is 6.32. The highest BCUT2D eigenvalue weighted by atomic mass is 35.5. The molecule has 11 heteroatoms. The molecule has 0 saturated carbocycles. The van der Waals surface area contributed by atoms with Gasteiger partial charge < -0.3 is 33.5 Å². The monoisotopic (exact) mass is 816 g/mol. The van der Waals surface area contributed by atoms with Crippen molar-refractivity contribution in [3.05, 3.63) is 104 Å². The van der Waals surface area contributed by atoms with Gasteiger partial charge in [-0.3, -0.25) is 9.59 Å². The normalized spacial score (nSPS) is 15.8. The lowest BCUT2D eigenvalue weighted by Crippen LogP contribution is -2.22.